The zero-order valence-corrected chi connectivity index (χ0v) is 15.2. The predicted octanol–water partition coefficient (Wildman–Crippen LogP) is 3.17. The third-order valence-electron chi connectivity index (χ3n) is 4.20. The molecule has 0 aliphatic carbocycles. The van der Waals surface area contributed by atoms with Crippen molar-refractivity contribution in [3.8, 4) is 0 Å². The third kappa shape index (κ3) is 4.86. The van der Waals surface area contributed by atoms with Crippen LogP contribution in [0.25, 0.3) is 0 Å². The van der Waals surface area contributed by atoms with Gasteiger partial charge in [-0.1, -0.05) is 48.0 Å². The number of aldehydes is 1. The third-order valence-corrected chi connectivity index (χ3v) is 6.45. The summed E-state index contributed by atoms with van der Waals surface area (Å²) in [6.07, 6.45) is 0.770. The lowest BCUT2D eigenvalue weighted by Gasteiger charge is -2.22. The average molecular weight is 358 g/mol. The first kappa shape index (κ1) is 19.1. The van der Waals surface area contributed by atoms with Crippen molar-refractivity contribution in [3.63, 3.8) is 0 Å². The fraction of sp³-hybridized carbons (Fsp3) is 0.300. The summed E-state index contributed by atoms with van der Waals surface area (Å²) in [5.41, 5.74) is 1.81. The van der Waals surface area contributed by atoms with Crippen LogP contribution in [0, 0.1) is 12.8 Å². The lowest BCUT2D eigenvalue weighted by Crippen LogP contribution is -2.34. The molecule has 0 saturated heterocycles. The van der Waals surface area contributed by atoms with Crippen molar-refractivity contribution in [2.75, 3.05) is 0 Å². The molecule has 2 rings (SSSR count). The molecular weight excluding hydrogens is 336 g/mol. The Kier molecular flexibility index (Phi) is 6.26. The Morgan fingerprint density at radius 3 is 2.16 bits per heavy atom. The first-order valence-electron chi connectivity index (χ1n) is 8.14. The molecule has 25 heavy (non-hydrogen) atoms. The summed E-state index contributed by atoms with van der Waals surface area (Å²) in [4.78, 5) is 23.5. The number of sulfone groups is 1. The van der Waals surface area contributed by atoms with Crippen molar-refractivity contribution in [1.29, 1.82) is 0 Å². The summed E-state index contributed by atoms with van der Waals surface area (Å²) in [6.45, 7) is 3.22. The molecule has 0 aliphatic heterocycles. The van der Waals surface area contributed by atoms with E-state index >= 15 is 0 Å². The SMILES string of the molecule is CC(=O)C[C@@H]([C@H](C=O)Cc1ccccc1)S(=O)(=O)c1ccc(C)cc1. The maximum Gasteiger partial charge on any atom is 0.182 e. The monoisotopic (exact) mass is 358 g/mol. The summed E-state index contributed by atoms with van der Waals surface area (Å²) in [5.74, 6) is -1.03. The number of aryl methyl sites for hydroxylation is 1. The van der Waals surface area contributed by atoms with E-state index in [1.54, 1.807) is 12.1 Å². The van der Waals surface area contributed by atoms with Gasteiger partial charge in [-0.25, -0.2) is 8.42 Å². The van der Waals surface area contributed by atoms with Crippen LogP contribution in [0.2, 0.25) is 0 Å². The topological polar surface area (TPSA) is 68.3 Å². The van der Waals surface area contributed by atoms with Crippen LogP contribution >= 0.6 is 0 Å². The molecule has 2 aromatic carbocycles. The number of hydrogen-bond donors (Lipinski definition) is 0. The van der Waals surface area contributed by atoms with E-state index < -0.39 is 21.0 Å². The molecule has 0 amide bonds. The minimum atomic E-state index is -3.80. The van der Waals surface area contributed by atoms with E-state index in [2.05, 4.69) is 0 Å². The minimum absolute atomic E-state index is 0.143. The molecular formula is C20H22O4S. The molecule has 0 heterocycles. The molecule has 0 aliphatic rings. The highest BCUT2D eigenvalue weighted by Gasteiger charge is 2.35. The lowest BCUT2D eigenvalue weighted by atomic mass is 9.95. The molecule has 0 unspecified atom stereocenters. The van der Waals surface area contributed by atoms with Gasteiger partial charge in [0, 0.05) is 12.3 Å². The number of carbonyl (C=O) groups excluding carboxylic acids is 2. The van der Waals surface area contributed by atoms with E-state index in [1.807, 2.05) is 37.3 Å². The van der Waals surface area contributed by atoms with E-state index in [-0.39, 0.29) is 23.5 Å². The fourth-order valence-electron chi connectivity index (χ4n) is 2.83. The van der Waals surface area contributed by atoms with Crippen LogP contribution in [0.1, 0.15) is 24.5 Å². The second kappa shape index (κ2) is 8.21. The Morgan fingerprint density at radius 1 is 1.04 bits per heavy atom. The van der Waals surface area contributed by atoms with Gasteiger partial charge in [-0.2, -0.15) is 0 Å². The van der Waals surface area contributed by atoms with Crippen molar-refractivity contribution in [2.24, 2.45) is 5.92 Å². The second-order valence-electron chi connectivity index (χ2n) is 6.29. The van der Waals surface area contributed by atoms with Crippen molar-refractivity contribution in [2.45, 2.75) is 36.8 Å². The highest BCUT2D eigenvalue weighted by molar-refractivity contribution is 7.92. The highest BCUT2D eigenvalue weighted by Crippen LogP contribution is 2.26. The summed E-state index contributed by atoms with van der Waals surface area (Å²) in [6, 6.07) is 15.7. The summed E-state index contributed by atoms with van der Waals surface area (Å²) in [7, 11) is -3.80. The normalized spacial score (nSPS) is 13.8. The first-order valence-corrected chi connectivity index (χ1v) is 9.68. The Hall–Kier alpha value is -2.27. The summed E-state index contributed by atoms with van der Waals surface area (Å²) < 4.78 is 26.1. The Balaban J connectivity index is 2.40. The zero-order chi connectivity index (χ0) is 18.4. The zero-order valence-electron chi connectivity index (χ0n) is 14.4. The first-order chi connectivity index (χ1) is 11.8. The van der Waals surface area contributed by atoms with E-state index in [9.17, 15) is 18.0 Å². The van der Waals surface area contributed by atoms with Gasteiger partial charge in [-0.15, -0.1) is 0 Å². The Labute approximate surface area is 148 Å². The molecule has 0 spiro atoms. The molecule has 0 N–H and O–H groups in total. The van der Waals surface area contributed by atoms with Gasteiger partial charge < -0.3 is 4.79 Å². The number of rotatable bonds is 8. The molecule has 0 radical (unpaired) electrons. The quantitative estimate of drug-likeness (QED) is 0.680. The minimum Gasteiger partial charge on any atom is -0.303 e. The second-order valence-corrected chi connectivity index (χ2v) is 8.46. The van der Waals surface area contributed by atoms with Gasteiger partial charge in [0.2, 0.25) is 0 Å². The van der Waals surface area contributed by atoms with Gasteiger partial charge in [0.1, 0.15) is 12.1 Å². The van der Waals surface area contributed by atoms with Crippen molar-refractivity contribution < 1.29 is 18.0 Å². The largest absolute Gasteiger partial charge is 0.303 e. The maximum atomic E-state index is 13.1. The summed E-state index contributed by atoms with van der Waals surface area (Å²) in [5, 5.41) is -1.06. The van der Waals surface area contributed by atoms with Crippen LogP contribution < -0.4 is 0 Å². The maximum absolute atomic E-state index is 13.1. The number of benzene rings is 2. The van der Waals surface area contributed by atoms with Crippen LogP contribution in [0.4, 0.5) is 0 Å². The van der Waals surface area contributed by atoms with Crippen molar-refractivity contribution >= 4 is 21.9 Å². The molecule has 132 valence electrons. The van der Waals surface area contributed by atoms with Crippen molar-refractivity contribution in [1.82, 2.24) is 0 Å². The molecule has 0 bridgehead atoms. The van der Waals surface area contributed by atoms with Crippen LogP contribution in [-0.2, 0) is 25.8 Å². The molecule has 5 heteroatoms. The lowest BCUT2D eigenvalue weighted by molar-refractivity contribution is -0.117. The number of carbonyl (C=O) groups is 2. The standard InChI is InChI=1S/C20H22O4S/c1-15-8-10-19(11-9-15)25(23,24)20(12-16(2)22)18(14-21)13-17-6-4-3-5-7-17/h3-11,14,18,20H,12-13H2,1-2H3/t18-,20-/m0/s1. The molecule has 4 nitrogen and oxygen atoms in total. The van der Waals surface area contributed by atoms with E-state index in [1.165, 1.54) is 19.1 Å². The van der Waals surface area contributed by atoms with E-state index in [0.717, 1.165) is 11.1 Å². The molecule has 0 aromatic heterocycles. The van der Waals surface area contributed by atoms with Crippen LogP contribution in [-0.4, -0.2) is 25.7 Å². The number of ketones is 1. The summed E-state index contributed by atoms with van der Waals surface area (Å²) >= 11 is 0. The van der Waals surface area contributed by atoms with Crippen molar-refractivity contribution in [3.05, 3.63) is 65.7 Å². The van der Waals surface area contributed by atoms with Crippen LogP contribution in [0.5, 0.6) is 0 Å². The van der Waals surface area contributed by atoms with Crippen LogP contribution in [0.3, 0.4) is 0 Å². The van der Waals surface area contributed by atoms with Gasteiger partial charge in [-0.3, -0.25) is 4.79 Å². The highest BCUT2D eigenvalue weighted by atomic mass is 32.2. The number of Topliss-reactive ketones (excluding diaryl/α,β-unsaturated/α-hetero) is 1. The molecule has 0 saturated carbocycles. The molecule has 2 atom stereocenters. The molecule has 0 fully saturated rings. The predicted molar refractivity (Wildman–Crippen MR) is 97.2 cm³/mol. The van der Waals surface area contributed by atoms with Gasteiger partial charge in [0.05, 0.1) is 10.1 Å². The fourth-order valence-corrected chi connectivity index (χ4v) is 4.77. The Bertz CT molecular complexity index is 824. The molecule has 2 aromatic rings. The van der Waals surface area contributed by atoms with Gasteiger partial charge in [0.15, 0.2) is 9.84 Å². The van der Waals surface area contributed by atoms with E-state index in [0.29, 0.717) is 6.29 Å². The van der Waals surface area contributed by atoms with Gasteiger partial charge in [-0.05, 0) is 38.0 Å². The van der Waals surface area contributed by atoms with Gasteiger partial charge >= 0.3 is 0 Å². The Morgan fingerprint density at radius 2 is 1.64 bits per heavy atom. The smallest absolute Gasteiger partial charge is 0.182 e. The average Bonchev–Trinajstić information content (AvgIpc) is 2.59. The number of hydrogen-bond acceptors (Lipinski definition) is 4. The van der Waals surface area contributed by atoms with Gasteiger partial charge in [0.25, 0.3) is 0 Å². The van der Waals surface area contributed by atoms with Crippen LogP contribution in [0.15, 0.2) is 59.5 Å². The van der Waals surface area contributed by atoms with E-state index in [4.69, 9.17) is 0 Å².